The van der Waals surface area contributed by atoms with Gasteiger partial charge >= 0.3 is 6.61 Å². The van der Waals surface area contributed by atoms with Crippen LogP contribution in [0.5, 0.6) is 5.75 Å². The van der Waals surface area contributed by atoms with Crippen molar-refractivity contribution >= 4 is 5.91 Å². The lowest BCUT2D eigenvalue weighted by molar-refractivity contribution is -0.0498. The van der Waals surface area contributed by atoms with Gasteiger partial charge in [-0.15, -0.1) is 0 Å². The van der Waals surface area contributed by atoms with Crippen LogP contribution in [0.4, 0.5) is 17.6 Å². The highest BCUT2D eigenvalue weighted by Crippen LogP contribution is 2.19. The second kappa shape index (κ2) is 7.13. The Bertz CT molecular complexity index is 669. The summed E-state index contributed by atoms with van der Waals surface area (Å²) in [5, 5.41) is 2.57. The van der Waals surface area contributed by atoms with Crippen molar-refractivity contribution in [1.82, 2.24) is 5.32 Å². The number of hydrogen-bond acceptors (Lipinski definition) is 2. The molecule has 0 aliphatic carbocycles. The fourth-order valence-corrected chi connectivity index (χ4v) is 1.99. The molecule has 1 amide bonds. The van der Waals surface area contributed by atoms with Gasteiger partial charge in [-0.3, -0.25) is 4.79 Å². The highest BCUT2D eigenvalue weighted by Gasteiger charge is 2.14. The van der Waals surface area contributed by atoms with Crippen LogP contribution in [0.3, 0.4) is 0 Å². The predicted octanol–water partition coefficient (Wildman–Crippen LogP) is 4.06. The number of hydrogen-bond donors (Lipinski definition) is 1. The van der Waals surface area contributed by atoms with Crippen LogP contribution in [0.1, 0.15) is 28.9 Å². The summed E-state index contributed by atoms with van der Waals surface area (Å²) >= 11 is 0. The molecule has 1 N–H and O–H groups in total. The molecule has 0 unspecified atom stereocenters. The first-order chi connectivity index (χ1) is 10.8. The Labute approximate surface area is 129 Å². The molecule has 0 fully saturated rings. The molecule has 1 atom stereocenters. The van der Waals surface area contributed by atoms with E-state index in [0.29, 0.717) is 11.6 Å². The standard InChI is InChI=1S/C16H13F4NO2/c1-9(10-2-4-14(5-3-10)23-16(19)20)21-15(22)11-6-12(17)8-13(18)7-11/h2-9,16H,1H3,(H,21,22)/t9-/m1/s1. The second-order valence-corrected chi connectivity index (χ2v) is 4.80. The van der Waals surface area contributed by atoms with Crippen LogP contribution in [-0.4, -0.2) is 12.5 Å². The molecule has 0 radical (unpaired) electrons. The average Bonchev–Trinajstić information content (AvgIpc) is 2.46. The monoisotopic (exact) mass is 327 g/mol. The van der Waals surface area contributed by atoms with Gasteiger partial charge in [0, 0.05) is 11.6 Å². The third kappa shape index (κ3) is 4.70. The molecule has 3 nitrogen and oxygen atoms in total. The smallest absolute Gasteiger partial charge is 0.387 e. The van der Waals surface area contributed by atoms with E-state index in [2.05, 4.69) is 10.1 Å². The van der Waals surface area contributed by atoms with E-state index in [9.17, 15) is 22.4 Å². The Kier molecular flexibility index (Phi) is 5.20. The minimum atomic E-state index is -2.92. The first-order valence-corrected chi connectivity index (χ1v) is 6.67. The zero-order valence-electron chi connectivity index (χ0n) is 12.0. The van der Waals surface area contributed by atoms with Gasteiger partial charge in [-0.05, 0) is 36.8 Å². The maximum absolute atomic E-state index is 13.1. The first kappa shape index (κ1) is 16.8. The van der Waals surface area contributed by atoms with Crippen molar-refractivity contribution in [1.29, 1.82) is 0 Å². The first-order valence-electron chi connectivity index (χ1n) is 6.67. The zero-order chi connectivity index (χ0) is 17.0. The summed E-state index contributed by atoms with van der Waals surface area (Å²) in [7, 11) is 0. The molecule has 2 aromatic carbocycles. The molecular weight excluding hydrogens is 314 g/mol. The molecule has 0 saturated heterocycles. The molecule has 2 rings (SSSR count). The molecule has 0 aliphatic rings. The largest absolute Gasteiger partial charge is 0.435 e. The minimum Gasteiger partial charge on any atom is -0.435 e. The van der Waals surface area contributed by atoms with Gasteiger partial charge in [0.25, 0.3) is 5.91 Å². The van der Waals surface area contributed by atoms with Crippen LogP contribution in [-0.2, 0) is 0 Å². The van der Waals surface area contributed by atoms with Crippen LogP contribution in [0.2, 0.25) is 0 Å². The molecule has 2 aromatic rings. The summed E-state index contributed by atoms with van der Waals surface area (Å²) in [5.74, 6) is -2.36. The van der Waals surface area contributed by atoms with Crippen LogP contribution >= 0.6 is 0 Å². The Balaban J connectivity index is 2.05. The normalized spacial score (nSPS) is 12.1. The Hall–Kier alpha value is -2.57. The predicted molar refractivity (Wildman–Crippen MR) is 75.3 cm³/mol. The lowest BCUT2D eigenvalue weighted by Gasteiger charge is -2.15. The maximum atomic E-state index is 13.1. The average molecular weight is 327 g/mol. The zero-order valence-corrected chi connectivity index (χ0v) is 12.0. The maximum Gasteiger partial charge on any atom is 0.387 e. The van der Waals surface area contributed by atoms with E-state index >= 15 is 0 Å². The third-order valence-corrected chi connectivity index (χ3v) is 3.08. The highest BCUT2D eigenvalue weighted by molar-refractivity contribution is 5.94. The van der Waals surface area contributed by atoms with E-state index in [0.717, 1.165) is 12.1 Å². The fraction of sp³-hybridized carbons (Fsp3) is 0.188. The Morgan fingerprint density at radius 1 is 1.04 bits per heavy atom. The van der Waals surface area contributed by atoms with Crippen molar-refractivity contribution in [3.05, 3.63) is 65.2 Å². The highest BCUT2D eigenvalue weighted by atomic mass is 19.3. The van der Waals surface area contributed by atoms with E-state index in [4.69, 9.17) is 0 Å². The summed E-state index contributed by atoms with van der Waals surface area (Å²) in [6.45, 7) is -1.27. The van der Waals surface area contributed by atoms with Gasteiger partial charge in [0.1, 0.15) is 17.4 Å². The number of ether oxygens (including phenoxy) is 1. The molecule has 0 aromatic heterocycles. The van der Waals surface area contributed by atoms with E-state index in [1.165, 1.54) is 24.3 Å². The summed E-state index contributed by atoms with van der Waals surface area (Å²) < 4.78 is 54.6. The third-order valence-electron chi connectivity index (χ3n) is 3.08. The van der Waals surface area contributed by atoms with Gasteiger partial charge in [-0.25, -0.2) is 8.78 Å². The molecule has 23 heavy (non-hydrogen) atoms. The van der Waals surface area contributed by atoms with E-state index < -0.39 is 30.2 Å². The fourth-order valence-electron chi connectivity index (χ4n) is 1.99. The van der Waals surface area contributed by atoms with Gasteiger partial charge < -0.3 is 10.1 Å². The summed E-state index contributed by atoms with van der Waals surface area (Å²) in [6, 6.07) is 7.72. The van der Waals surface area contributed by atoms with Crippen molar-refractivity contribution in [3.8, 4) is 5.75 Å². The van der Waals surface area contributed by atoms with Crippen molar-refractivity contribution in [3.63, 3.8) is 0 Å². The van der Waals surface area contributed by atoms with E-state index in [-0.39, 0.29) is 11.3 Å². The van der Waals surface area contributed by atoms with E-state index in [1.807, 2.05) is 0 Å². The number of carbonyl (C=O) groups excluding carboxylic acids is 1. The lowest BCUT2D eigenvalue weighted by atomic mass is 10.1. The SMILES string of the molecule is C[C@@H](NC(=O)c1cc(F)cc(F)c1)c1ccc(OC(F)F)cc1. The van der Waals surface area contributed by atoms with Gasteiger partial charge in [0.05, 0.1) is 6.04 Å². The van der Waals surface area contributed by atoms with Gasteiger partial charge in [0.2, 0.25) is 0 Å². The Morgan fingerprint density at radius 3 is 2.13 bits per heavy atom. The van der Waals surface area contributed by atoms with Crippen LogP contribution in [0, 0.1) is 11.6 Å². The van der Waals surface area contributed by atoms with Crippen molar-refractivity contribution in [2.45, 2.75) is 19.6 Å². The van der Waals surface area contributed by atoms with Gasteiger partial charge in [-0.1, -0.05) is 12.1 Å². The number of nitrogens with one attached hydrogen (secondary N) is 1. The van der Waals surface area contributed by atoms with Gasteiger partial charge in [0.15, 0.2) is 0 Å². The van der Waals surface area contributed by atoms with Gasteiger partial charge in [-0.2, -0.15) is 8.78 Å². The number of rotatable bonds is 5. The summed E-state index contributed by atoms with van der Waals surface area (Å²) in [5.41, 5.74) is 0.476. The molecule has 0 bridgehead atoms. The molecule has 122 valence electrons. The molecule has 0 saturated carbocycles. The van der Waals surface area contributed by atoms with Crippen LogP contribution < -0.4 is 10.1 Å². The molecular formula is C16H13F4NO2. The quantitative estimate of drug-likeness (QED) is 0.841. The van der Waals surface area contributed by atoms with Crippen LogP contribution in [0.15, 0.2) is 42.5 Å². The summed E-state index contributed by atoms with van der Waals surface area (Å²) in [6.07, 6.45) is 0. The number of benzene rings is 2. The van der Waals surface area contributed by atoms with Crippen LogP contribution in [0.25, 0.3) is 0 Å². The number of carbonyl (C=O) groups is 1. The van der Waals surface area contributed by atoms with Crippen molar-refractivity contribution in [2.75, 3.05) is 0 Å². The minimum absolute atomic E-state index is 0.00511. The number of alkyl halides is 2. The summed E-state index contributed by atoms with van der Waals surface area (Å²) in [4.78, 5) is 12.0. The number of amides is 1. The molecule has 0 spiro atoms. The Morgan fingerprint density at radius 2 is 1.61 bits per heavy atom. The second-order valence-electron chi connectivity index (χ2n) is 4.80. The number of halogens is 4. The molecule has 0 heterocycles. The van der Waals surface area contributed by atoms with Crippen molar-refractivity contribution in [2.24, 2.45) is 0 Å². The van der Waals surface area contributed by atoms with E-state index in [1.54, 1.807) is 6.92 Å². The molecule has 7 heteroatoms. The lowest BCUT2D eigenvalue weighted by Crippen LogP contribution is -2.26. The topological polar surface area (TPSA) is 38.3 Å². The van der Waals surface area contributed by atoms with Crippen molar-refractivity contribution < 1.29 is 27.1 Å². The molecule has 0 aliphatic heterocycles.